The number of nitrogens with zero attached hydrogens (tertiary/aromatic N) is 2. The van der Waals surface area contributed by atoms with Gasteiger partial charge in [-0.1, -0.05) is 17.7 Å². The van der Waals surface area contributed by atoms with Crippen LogP contribution in [0.3, 0.4) is 0 Å². The maximum atomic E-state index is 13.4. The first-order valence-electron chi connectivity index (χ1n) is 5.95. The van der Waals surface area contributed by atoms with Gasteiger partial charge in [-0.15, -0.1) is 0 Å². The highest BCUT2D eigenvalue weighted by molar-refractivity contribution is 6.33. The van der Waals surface area contributed by atoms with E-state index in [4.69, 9.17) is 11.6 Å². The van der Waals surface area contributed by atoms with Crippen LogP contribution in [0.1, 0.15) is 5.56 Å². The van der Waals surface area contributed by atoms with Crippen LogP contribution in [0.5, 0.6) is 0 Å². The molecule has 8 heteroatoms. The van der Waals surface area contributed by atoms with E-state index in [9.17, 15) is 18.9 Å². The molecular formula is C13H10ClF2N3O2. The Morgan fingerprint density at radius 3 is 2.71 bits per heavy atom. The summed E-state index contributed by atoms with van der Waals surface area (Å²) in [4.78, 5) is 13.8. The molecule has 0 atom stereocenters. The molecule has 0 aliphatic carbocycles. The molecule has 0 saturated carbocycles. The smallest absolute Gasteiger partial charge is 0.289 e. The average molecular weight is 314 g/mol. The molecule has 1 aromatic carbocycles. The molecule has 0 aliphatic heterocycles. The number of nitrogens with one attached hydrogen (secondary N) is 1. The molecule has 0 bridgehead atoms. The third kappa shape index (κ3) is 3.85. The van der Waals surface area contributed by atoms with Gasteiger partial charge >= 0.3 is 0 Å². The number of halogens is 3. The summed E-state index contributed by atoms with van der Waals surface area (Å²) >= 11 is 5.85. The largest absolute Gasteiger partial charge is 0.368 e. The van der Waals surface area contributed by atoms with Crippen LogP contribution in [-0.2, 0) is 6.42 Å². The van der Waals surface area contributed by atoms with Gasteiger partial charge in [0, 0.05) is 18.7 Å². The van der Waals surface area contributed by atoms with E-state index >= 15 is 0 Å². The Balaban J connectivity index is 1.99. The number of pyridine rings is 1. The second-order valence-corrected chi connectivity index (χ2v) is 4.60. The Morgan fingerprint density at radius 2 is 2.10 bits per heavy atom. The minimum Gasteiger partial charge on any atom is -0.368 e. The van der Waals surface area contributed by atoms with E-state index in [1.54, 1.807) is 0 Å². The number of aromatic nitrogens is 1. The zero-order valence-electron chi connectivity index (χ0n) is 10.6. The number of anilines is 1. The zero-order chi connectivity index (χ0) is 15.4. The van der Waals surface area contributed by atoms with Crippen molar-refractivity contribution < 1.29 is 13.7 Å². The van der Waals surface area contributed by atoms with Gasteiger partial charge in [-0.2, -0.15) is 0 Å². The summed E-state index contributed by atoms with van der Waals surface area (Å²) < 4.78 is 26.2. The SMILES string of the molecule is O=[N+]([O-])c1cnc(NCCc2ccc(F)cc2F)c(Cl)c1. The predicted octanol–water partition coefficient (Wildman–Crippen LogP) is 3.58. The first-order chi connectivity index (χ1) is 9.97. The first-order valence-corrected chi connectivity index (χ1v) is 6.33. The topological polar surface area (TPSA) is 68.1 Å². The van der Waals surface area contributed by atoms with Gasteiger partial charge in [-0.25, -0.2) is 13.8 Å². The lowest BCUT2D eigenvalue weighted by Gasteiger charge is -2.08. The highest BCUT2D eigenvalue weighted by atomic mass is 35.5. The van der Waals surface area contributed by atoms with Crippen molar-refractivity contribution in [3.8, 4) is 0 Å². The highest BCUT2D eigenvalue weighted by Gasteiger charge is 2.11. The van der Waals surface area contributed by atoms with Gasteiger partial charge in [-0.3, -0.25) is 10.1 Å². The maximum absolute atomic E-state index is 13.4. The highest BCUT2D eigenvalue weighted by Crippen LogP contribution is 2.23. The quantitative estimate of drug-likeness (QED) is 0.676. The summed E-state index contributed by atoms with van der Waals surface area (Å²) in [5, 5.41) is 13.5. The van der Waals surface area contributed by atoms with Crippen LogP contribution < -0.4 is 5.32 Å². The molecule has 1 heterocycles. The molecule has 1 aromatic heterocycles. The predicted molar refractivity (Wildman–Crippen MR) is 74.5 cm³/mol. The third-order valence-corrected chi connectivity index (χ3v) is 3.03. The lowest BCUT2D eigenvalue weighted by atomic mass is 10.1. The van der Waals surface area contributed by atoms with E-state index in [1.807, 2.05) is 0 Å². The van der Waals surface area contributed by atoms with Gasteiger partial charge in [0.25, 0.3) is 5.69 Å². The van der Waals surface area contributed by atoms with Gasteiger partial charge in [-0.05, 0) is 18.1 Å². The Kier molecular flexibility index (Phi) is 4.64. The van der Waals surface area contributed by atoms with Crippen molar-refractivity contribution >= 4 is 23.1 Å². The first kappa shape index (κ1) is 15.1. The molecule has 0 fully saturated rings. The number of hydrogen-bond acceptors (Lipinski definition) is 4. The van der Waals surface area contributed by atoms with Crippen LogP contribution in [0.4, 0.5) is 20.3 Å². The van der Waals surface area contributed by atoms with Crippen LogP contribution in [0, 0.1) is 21.7 Å². The summed E-state index contributed by atoms with van der Waals surface area (Å²) in [6.07, 6.45) is 1.37. The van der Waals surface area contributed by atoms with E-state index in [0.29, 0.717) is 18.5 Å². The zero-order valence-corrected chi connectivity index (χ0v) is 11.4. The monoisotopic (exact) mass is 313 g/mol. The molecule has 0 aliphatic rings. The lowest BCUT2D eigenvalue weighted by molar-refractivity contribution is -0.385. The number of nitro groups is 1. The molecule has 0 radical (unpaired) electrons. The van der Waals surface area contributed by atoms with E-state index in [-0.39, 0.29) is 16.5 Å². The fraction of sp³-hybridized carbons (Fsp3) is 0.154. The van der Waals surface area contributed by atoms with Crippen LogP contribution >= 0.6 is 11.6 Å². The number of hydrogen-bond donors (Lipinski definition) is 1. The van der Waals surface area contributed by atoms with Crippen LogP contribution in [-0.4, -0.2) is 16.5 Å². The molecule has 1 N–H and O–H groups in total. The third-order valence-electron chi connectivity index (χ3n) is 2.74. The van der Waals surface area contributed by atoms with Crippen molar-refractivity contribution in [1.29, 1.82) is 0 Å². The van der Waals surface area contributed by atoms with E-state index in [1.165, 1.54) is 18.2 Å². The van der Waals surface area contributed by atoms with Crippen LogP contribution in [0.15, 0.2) is 30.5 Å². The molecular weight excluding hydrogens is 304 g/mol. The summed E-state index contributed by atoms with van der Waals surface area (Å²) in [6, 6.07) is 4.52. The number of benzene rings is 1. The van der Waals surface area contributed by atoms with Crippen molar-refractivity contribution in [3.63, 3.8) is 0 Å². The van der Waals surface area contributed by atoms with Crippen molar-refractivity contribution in [3.05, 3.63) is 62.8 Å². The molecule has 110 valence electrons. The second kappa shape index (κ2) is 6.45. The minimum atomic E-state index is -0.635. The molecule has 21 heavy (non-hydrogen) atoms. The lowest BCUT2D eigenvalue weighted by Crippen LogP contribution is -2.08. The molecule has 5 nitrogen and oxygen atoms in total. The molecule has 0 saturated heterocycles. The Hall–Kier alpha value is -2.28. The molecule has 0 unspecified atom stereocenters. The maximum Gasteiger partial charge on any atom is 0.289 e. The van der Waals surface area contributed by atoms with Crippen LogP contribution in [0.25, 0.3) is 0 Å². The van der Waals surface area contributed by atoms with Crippen molar-refractivity contribution in [2.24, 2.45) is 0 Å². The Bertz CT molecular complexity index is 682. The van der Waals surface area contributed by atoms with Gasteiger partial charge in [0.05, 0.1) is 9.95 Å². The standard InChI is InChI=1S/C13H10ClF2N3O2/c14-11-6-10(19(20)21)7-18-13(11)17-4-3-8-1-2-9(15)5-12(8)16/h1-2,5-7H,3-4H2,(H,17,18). The summed E-state index contributed by atoms with van der Waals surface area (Å²) in [5.74, 6) is -0.992. The van der Waals surface area contributed by atoms with Gasteiger partial charge in [0.15, 0.2) is 0 Å². The van der Waals surface area contributed by atoms with Gasteiger partial charge in [0.2, 0.25) is 0 Å². The van der Waals surface area contributed by atoms with Gasteiger partial charge < -0.3 is 5.32 Å². The fourth-order valence-electron chi connectivity index (χ4n) is 1.70. The Labute approximate surface area is 123 Å². The number of rotatable bonds is 5. The van der Waals surface area contributed by atoms with Gasteiger partial charge in [0.1, 0.15) is 23.6 Å². The summed E-state index contributed by atoms with van der Waals surface area (Å²) in [7, 11) is 0. The van der Waals surface area contributed by atoms with Crippen molar-refractivity contribution in [1.82, 2.24) is 4.98 Å². The van der Waals surface area contributed by atoms with Crippen molar-refractivity contribution in [2.75, 3.05) is 11.9 Å². The minimum absolute atomic E-state index is 0.101. The van der Waals surface area contributed by atoms with E-state index < -0.39 is 16.6 Å². The van der Waals surface area contributed by atoms with E-state index in [0.717, 1.165) is 12.3 Å². The fourth-order valence-corrected chi connectivity index (χ4v) is 1.93. The summed E-state index contributed by atoms with van der Waals surface area (Å²) in [6.45, 7) is 0.299. The molecule has 0 spiro atoms. The van der Waals surface area contributed by atoms with Crippen molar-refractivity contribution in [2.45, 2.75) is 6.42 Å². The molecule has 2 rings (SSSR count). The van der Waals surface area contributed by atoms with Crippen LogP contribution in [0.2, 0.25) is 5.02 Å². The second-order valence-electron chi connectivity index (χ2n) is 4.19. The normalized spacial score (nSPS) is 10.4. The van der Waals surface area contributed by atoms with E-state index in [2.05, 4.69) is 10.3 Å². The molecule has 0 amide bonds. The Morgan fingerprint density at radius 1 is 1.33 bits per heavy atom. The average Bonchev–Trinajstić information content (AvgIpc) is 2.42. The summed E-state index contributed by atoms with van der Waals surface area (Å²) in [5.41, 5.74) is 0.136. The molecule has 2 aromatic rings.